The van der Waals surface area contributed by atoms with Crippen LogP contribution in [0.1, 0.15) is 35.6 Å². The van der Waals surface area contributed by atoms with Gasteiger partial charge in [0.2, 0.25) is 11.9 Å². The minimum absolute atomic E-state index is 0.130. The lowest BCUT2D eigenvalue weighted by molar-refractivity contribution is -0.130. The highest BCUT2D eigenvalue weighted by atomic mass is 16.5. The Morgan fingerprint density at radius 3 is 2.36 bits per heavy atom. The Bertz CT molecular complexity index is 831. The van der Waals surface area contributed by atoms with E-state index in [4.69, 9.17) is 9.51 Å². The van der Waals surface area contributed by atoms with Crippen molar-refractivity contribution in [2.75, 3.05) is 49.1 Å². The second kappa shape index (κ2) is 7.77. The van der Waals surface area contributed by atoms with E-state index in [-0.39, 0.29) is 5.91 Å². The summed E-state index contributed by atoms with van der Waals surface area (Å²) >= 11 is 0. The number of nitrogens with zero attached hydrogens (tertiary/aromatic N) is 6. The van der Waals surface area contributed by atoms with Crippen molar-refractivity contribution in [2.24, 2.45) is 0 Å². The molecule has 28 heavy (non-hydrogen) atoms. The van der Waals surface area contributed by atoms with Gasteiger partial charge in [0.15, 0.2) is 0 Å². The molecule has 0 N–H and O–H groups in total. The normalized spacial score (nSPS) is 17.5. The fraction of sp³-hybridized carbons (Fsp3) is 0.600. The number of carbonyl (C=O) groups is 1. The third-order valence-corrected chi connectivity index (χ3v) is 5.68. The Hall–Kier alpha value is -2.64. The summed E-state index contributed by atoms with van der Waals surface area (Å²) in [5, 5.41) is 3.94. The van der Waals surface area contributed by atoms with Gasteiger partial charge in [-0.2, -0.15) is 4.98 Å². The van der Waals surface area contributed by atoms with E-state index in [1.165, 1.54) is 12.8 Å². The third kappa shape index (κ3) is 3.81. The number of rotatable bonds is 4. The Labute approximate surface area is 165 Å². The maximum Gasteiger partial charge on any atom is 0.227 e. The topological polar surface area (TPSA) is 78.6 Å². The van der Waals surface area contributed by atoms with Crippen LogP contribution in [0.5, 0.6) is 0 Å². The van der Waals surface area contributed by atoms with Gasteiger partial charge in [-0.1, -0.05) is 5.16 Å². The second-order valence-corrected chi connectivity index (χ2v) is 7.71. The highest BCUT2D eigenvalue weighted by molar-refractivity contribution is 5.79. The van der Waals surface area contributed by atoms with Gasteiger partial charge in [-0.15, -0.1) is 0 Å². The molecule has 0 radical (unpaired) electrons. The average Bonchev–Trinajstić information content (AvgIpc) is 3.34. The molecule has 0 aliphatic carbocycles. The fourth-order valence-corrected chi connectivity index (χ4v) is 3.96. The zero-order valence-electron chi connectivity index (χ0n) is 16.9. The van der Waals surface area contributed by atoms with E-state index in [9.17, 15) is 4.79 Å². The van der Waals surface area contributed by atoms with Crippen molar-refractivity contribution in [3.05, 3.63) is 28.8 Å². The van der Waals surface area contributed by atoms with Crippen LogP contribution in [0.25, 0.3) is 0 Å². The number of aryl methyl sites for hydroxylation is 3. The molecule has 2 aliphatic heterocycles. The van der Waals surface area contributed by atoms with E-state index in [2.05, 4.69) is 19.9 Å². The van der Waals surface area contributed by atoms with Crippen molar-refractivity contribution in [1.82, 2.24) is 20.0 Å². The summed E-state index contributed by atoms with van der Waals surface area (Å²) in [4.78, 5) is 28.6. The van der Waals surface area contributed by atoms with Gasteiger partial charge in [0, 0.05) is 56.6 Å². The van der Waals surface area contributed by atoms with Crippen molar-refractivity contribution in [2.45, 2.75) is 40.0 Å². The van der Waals surface area contributed by atoms with Crippen molar-refractivity contribution in [3.8, 4) is 0 Å². The molecule has 8 nitrogen and oxygen atoms in total. The van der Waals surface area contributed by atoms with E-state index in [1.807, 2.05) is 31.7 Å². The smallest absolute Gasteiger partial charge is 0.227 e. The van der Waals surface area contributed by atoms with Gasteiger partial charge in [-0.25, -0.2) is 4.98 Å². The number of hydrogen-bond acceptors (Lipinski definition) is 7. The summed E-state index contributed by atoms with van der Waals surface area (Å²) in [6.45, 7) is 10.8. The molecule has 2 aromatic rings. The molecule has 2 aliphatic rings. The molecule has 2 aromatic heterocycles. The lowest BCUT2D eigenvalue weighted by Gasteiger charge is -2.35. The zero-order chi connectivity index (χ0) is 19.7. The Morgan fingerprint density at radius 2 is 1.71 bits per heavy atom. The number of aromatic nitrogens is 3. The van der Waals surface area contributed by atoms with Crippen LogP contribution in [0.3, 0.4) is 0 Å². The van der Waals surface area contributed by atoms with Gasteiger partial charge in [0.25, 0.3) is 0 Å². The molecule has 1 amide bonds. The number of carbonyl (C=O) groups excluding carboxylic acids is 1. The molecule has 2 saturated heterocycles. The lowest BCUT2D eigenvalue weighted by Crippen LogP contribution is -2.49. The molecule has 8 heteroatoms. The highest BCUT2D eigenvalue weighted by Gasteiger charge is 2.25. The lowest BCUT2D eigenvalue weighted by atomic mass is 10.1. The van der Waals surface area contributed by atoms with Crippen molar-refractivity contribution >= 4 is 17.7 Å². The average molecular weight is 384 g/mol. The highest BCUT2D eigenvalue weighted by Crippen LogP contribution is 2.22. The van der Waals surface area contributed by atoms with Crippen LogP contribution in [0.4, 0.5) is 11.8 Å². The zero-order valence-corrected chi connectivity index (χ0v) is 16.9. The third-order valence-electron chi connectivity index (χ3n) is 5.68. The summed E-state index contributed by atoms with van der Waals surface area (Å²) in [6, 6.07) is 2.04. The summed E-state index contributed by atoms with van der Waals surface area (Å²) in [6.07, 6.45) is 2.77. The molecule has 0 saturated carbocycles. The van der Waals surface area contributed by atoms with E-state index in [0.29, 0.717) is 19.5 Å². The van der Waals surface area contributed by atoms with Crippen LogP contribution in [0.15, 0.2) is 10.6 Å². The second-order valence-electron chi connectivity index (χ2n) is 7.71. The van der Waals surface area contributed by atoms with Gasteiger partial charge >= 0.3 is 0 Å². The monoisotopic (exact) mass is 384 g/mol. The maximum absolute atomic E-state index is 12.7. The largest absolute Gasteiger partial charge is 0.361 e. The van der Waals surface area contributed by atoms with Crippen molar-refractivity contribution in [3.63, 3.8) is 0 Å². The fourth-order valence-electron chi connectivity index (χ4n) is 3.96. The van der Waals surface area contributed by atoms with E-state index < -0.39 is 0 Å². The van der Waals surface area contributed by atoms with Gasteiger partial charge < -0.3 is 19.2 Å². The minimum Gasteiger partial charge on any atom is -0.361 e. The van der Waals surface area contributed by atoms with Crippen LogP contribution >= 0.6 is 0 Å². The first kappa shape index (κ1) is 18.7. The minimum atomic E-state index is 0.130. The number of amides is 1. The molecular weight excluding hydrogens is 356 g/mol. The molecule has 2 fully saturated rings. The molecule has 0 atom stereocenters. The van der Waals surface area contributed by atoms with E-state index in [0.717, 1.165) is 60.7 Å². The predicted octanol–water partition coefficient (Wildman–Crippen LogP) is 1.88. The molecule has 150 valence electrons. The first-order valence-electron chi connectivity index (χ1n) is 10.1. The van der Waals surface area contributed by atoms with Crippen LogP contribution in [-0.2, 0) is 11.2 Å². The van der Waals surface area contributed by atoms with Gasteiger partial charge in [0.1, 0.15) is 11.6 Å². The van der Waals surface area contributed by atoms with Crippen LogP contribution < -0.4 is 9.80 Å². The number of piperazine rings is 1. The van der Waals surface area contributed by atoms with Crippen LogP contribution in [0, 0.1) is 20.8 Å². The van der Waals surface area contributed by atoms with E-state index in [1.54, 1.807) is 0 Å². The SMILES string of the molecule is Cc1cc(N2CCN(C(=O)Cc3c(C)noc3C)CC2)nc(N2CCCC2)n1. The van der Waals surface area contributed by atoms with Gasteiger partial charge in [0.05, 0.1) is 12.1 Å². The molecule has 0 bridgehead atoms. The Morgan fingerprint density at radius 1 is 1.00 bits per heavy atom. The predicted molar refractivity (Wildman–Crippen MR) is 107 cm³/mol. The molecule has 0 spiro atoms. The number of hydrogen-bond donors (Lipinski definition) is 0. The summed E-state index contributed by atoms with van der Waals surface area (Å²) in [5.41, 5.74) is 2.70. The molecule has 4 heterocycles. The maximum atomic E-state index is 12.7. The van der Waals surface area contributed by atoms with Crippen molar-refractivity contribution < 1.29 is 9.32 Å². The van der Waals surface area contributed by atoms with Crippen molar-refractivity contribution in [1.29, 1.82) is 0 Å². The first-order valence-corrected chi connectivity index (χ1v) is 10.1. The molecule has 4 rings (SSSR count). The first-order chi connectivity index (χ1) is 13.5. The van der Waals surface area contributed by atoms with E-state index >= 15 is 0 Å². The summed E-state index contributed by atoms with van der Waals surface area (Å²) < 4.78 is 5.18. The summed E-state index contributed by atoms with van der Waals surface area (Å²) in [5.74, 6) is 2.66. The molecule has 0 aromatic carbocycles. The molecule has 0 unspecified atom stereocenters. The Balaban J connectivity index is 1.39. The van der Waals surface area contributed by atoms with Gasteiger partial charge in [-0.05, 0) is 33.6 Å². The van der Waals surface area contributed by atoms with Gasteiger partial charge in [-0.3, -0.25) is 4.79 Å². The van der Waals surface area contributed by atoms with Crippen LogP contribution in [0.2, 0.25) is 0 Å². The number of anilines is 2. The Kier molecular flexibility index (Phi) is 5.19. The van der Waals surface area contributed by atoms with Crippen LogP contribution in [-0.4, -0.2) is 65.2 Å². The summed E-state index contributed by atoms with van der Waals surface area (Å²) in [7, 11) is 0. The molecular formula is C20H28N6O2. The quantitative estimate of drug-likeness (QED) is 0.796. The standard InChI is InChI=1S/C20H28N6O2/c1-14-12-18(22-20(21-14)26-6-4-5-7-26)24-8-10-25(11-9-24)19(27)13-17-15(2)23-28-16(17)3/h12H,4-11,13H2,1-3H3.